The highest BCUT2D eigenvalue weighted by Gasteiger charge is 2.42. The van der Waals surface area contributed by atoms with Crippen LogP contribution in [0, 0.1) is 0 Å². The molecule has 6 heteroatoms. The molecule has 2 aliphatic rings. The number of aromatic nitrogens is 2. The van der Waals surface area contributed by atoms with E-state index in [9.17, 15) is 9.59 Å². The molecule has 0 saturated heterocycles. The standard InChI is InChI=1S/C27H24N4O2/c1-15(2)30-13-19-23(18-9-4-7-17-8-6-12-28-26(17)18)25-21(14-31(16(3)32)27(25)33)29-20-10-5-11-22(30)24(19)20/h4-13,15,23,29H,14H2,1-3H3. The molecule has 6 nitrogen and oxygen atoms in total. The van der Waals surface area contributed by atoms with Crippen molar-refractivity contribution in [1.29, 1.82) is 0 Å². The fraction of sp³-hybridized carbons (Fsp3) is 0.222. The van der Waals surface area contributed by atoms with Crippen molar-refractivity contribution in [3.8, 4) is 0 Å². The fourth-order valence-electron chi connectivity index (χ4n) is 5.34. The average molecular weight is 437 g/mol. The lowest BCUT2D eigenvalue weighted by Crippen LogP contribution is -2.33. The molecular weight excluding hydrogens is 412 g/mol. The highest BCUT2D eigenvalue weighted by molar-refractivity contribution is 6.11. The molecule has 6 rings (SSSR count). The van der Waals surface area contributed by atoms with Crippen LogP contribution in [0.2, 0.25) is 0 Å². The Morgan fingerprint density at radius 2 is 1.88 bits per heavy atom. The first-order valence-electron chi connectivity index (χ1n) is 11.2. The minimum atomic E-state index is -0.339. The molecule has 1 unspecified atom stereocenters. The van der Waals surface area contributed by atoms with Gasteiger partial charge in [0, 0.05) is 53.4 Å². The number of carbonyl (C=O) groups excluding carboxylic acids is 2. The van der Waals surface area contributed by atoms with Crippen molar-refractivity contribution in [2.75, 3.05) is 11.9 Å². The number of fused-ring (bicyclic) bond motifs is 1. The Bertz CT molecular complexity index is 1510. The Kier molecular flexibility index (Phi) is 4.21. The third-order valence-electron chi connectivity index (χ3n) is 6.80. The van der Waals surface area contributed by atoms with Gasteiger partial charge in [-0.2, -0.15) is 0 Å². The number of hydrogen-bond acceptors (Lipinski definition) is 4. The van der Waals surface area contributed by atoms with Gasteiger partial charge in [-0.05, 0) is 43.2 Å². The van der Waals surface area contributed by atoms with Gasteiger partial charge < -0.3 is 9.88 Å². The molecule has 0 radical (unpaired) electrons. The summed E-state index contributed by atoms with van der Waals surface area (Å²) in [5.74, 6) is -0.821. The molecule has 1 N–H and O–H groups in total. The topological polar surface area (TPSA) is 67.2 Å². The Morgan fingerprint density at radius 1 is 1.09 bits per heavy atom. The molecule has 0 fully saturated rings. The number of anilines is 1. The van der Waals surface area contributed by atoms with E-state index in [1.54, 1.807) is 6.20 Å². The molecule has 2 aromatic carbocycles. The van der Waals surface area contributed by atoms with Crippen molar-refractivity contribution < 1.29 is 9.59 Å². The number of nitrogens with zero attached hydrogens (tertiary/aromatic N) is 3. The number of nitrogens with one attached hydrogen (secondary N) is 1. The Labute approximate surface area is 191 Å². The highest BCUT2D eigenvalue weighted by Crippen LogP contribution is 2.48. The van der Waals surface area contributed by atoms with Crippen LogP contribution in [0.3, 0.4) is 0 Å². The van der Waals surface area contributed by atoms with Crippen LogP contribution in [0.4, 0.5) is 5.69 Å². The number of para-hydroxylation sites is 1. The van der Waals surface area contributed by atoms with Crippen molar-refractivity contribution in [2.24, 2.45) is 0 Å². The molecule has 0 bridgehead atoms. The molecule has 2 amide bonds. The van der Waals surface area contributed by atoms with Gasteiger partial charge in [0.05, 0.1) is 23.2 Å². The molecule has 33 heavy (non-hydrogen) atoms. The maximum atomic E-state index is 13.6. The zero-order valence-electron chi connectivity index (χ0n) is 18.8. The van der Waals surface area contributed by atoms with Gasteiger partial charge in [0.1, 0.15) is 0 Å². The lowest BCUT2D eigenvalue weighted by Gasteiger charge is -2.20. The van der Waals surface area contributed by atoms with Crippen LogP contribution in [0.25, 0.3) is 21.8 Å². The van der Waals surface area contributed by atoms with Gasteiger partial charge in [-0.25, -0.2) is 0 Å². The highest BCUT2D eigenvalue weighted by atomic mass is 16.2. The summed E-state index contributed by atoms with van der Waals surface area (Å²) in [6.45, 7) is 6.02. The van der Waals surface area contributed by atoms with Crippen molar-refractivity contribution in [3.05, 3.63) is 83.3 Å². The molecule has 2 aliphatic heterocycles. The molecule has 1 atom stereocenters. The largest absolute Gasteiger partial charge is 0.356 e. The van der Waals surface area contributed by atoms with Gasteiger partial charge in [-0.15, -0.1) is 0 Å². The van der Waals surface area contributed by atoms with Crippen LogP contribution >= 0.6 is 0 Å². The van der Waals surface area contributed by atoms with Crippen LogP contribution in [-0.2, 0) is 9.59 Å². The SMILES string of the molecule is CC(=O)N1CC2=C(C1=O)C(c1cccc3cccnc13)c1cn(C(C)C)c3cccc(c13)N2. The average Bonchev–Trinajstić information content (AvgIpc) is 3.30. The summed E-state index contributed by atoms with van der Waals surface area (Å²) in [7, 11) is 0. The summed E-state index contributed by atoms with van der Waals surface area (Å²) in [5, 5.41) is 5.67. The van der Waals surface area contributed by atoms with Crippen LogP contribution in [-0.4, -0.2) is 32.8 Å². The Hall–Kier alpha value is -3.93. The van der Waals surface area contributed by atoms with E-state index in [4.69, 9.17) is 4.98 Å². The third-order valence-corrected chi connectivity index (χ3v) is 6.80. The number of imide groups is 1. The van der Waals surface area contributed by atoms with E-state index in [2.05, 4.69) is 42.1 Å². The van der Waals surface area contributed by atoms with E-state index in [0.29, 0.717) is 5.57 Å². The van der Waals surface area contributed by atoms with Gasteiger partial charge in [-0.1, -0.05) is 30.3 Å². The summed E-state index contributed by atoms with van der Waals surface area (Å²) in [6.07, 6.45) is 3.96. The number of benzene rings is 2. The van der Waals surface area contributed by atoms with Crippen molar-refractivity contribution in [3.63, 3.8) is 0 Å². The number of amides is 2. The van der Waals surface area contributed by atoms with Crippen molar-refractivity contribution >= 4 is 39.3 Å². The smallest absolute Gasteiger partial charge is 0.259 e. The summed E-state index contributed by atoms with van der Waals surface area (Å²) >= 11 is 0. The molecular formula is C27H24N4O2. The zero-order valence-corrected chi connectivity index (χ0v) is 18.8. The van der Waals surface area contributed by atoms with Gasteiger partial charge in [-0.3, -0.25) is 19.5 Å². The van der Waals surface area contributed by atoms with Gasteiger partial charge >= 0.3 is 0 Å². The first-order chi connectivity index (χ1) is 16.0. The van der Waals surface area contributed by atoms with E-state index in [0.717, 1.165) is 44.3 Å². The van der Waals surface area contributed by atoms with E-state index in [1.165, 1.54) is 11.8 Å². The molecule has 0 aliphatic carbocycles. The first-order valence-corrected chi connectivity index (χ1v) is 11.2. The summed E-state index contributed by atoms with van der Waals surface area (Å²) in [6, 6.07) is 16.5. The number of pyridine rings is 1. The molecule has 0 saturated carbocycles. The summed E-state index contributed by atoms with van der Waals surface area (Å²) in [5.41, 5.74) is 6.40. The van der Waals surface area contributed by atoms with Crippen LogP contribution < -0.4 is 5.32 Å². The predicted octanol–water partition coefficient (Wildman–Crippen LogP) is 4.97. The first kappa shape index (κ1) is 19.7. The molecule has 4 aromatic rings. The fourth-order valence-corrected chi connectivity index (χ4v) is 5.34. The van der Waals surface area contributed by atoms with E-state index < -0.39 is 0 Å². The van der Waals surface area contributed by atoms with Gasteiger partial charge in [0.25, 0.3) is 5.91 Å². The van der Waals surface area contributed by atoms with Gasteiger partial charge in [0.15, 0.2) is 0 Å². The van der Waals surface area contributed by atoms with Crippen molar-refractivity contribution in [1.82, 2.24) is 14.5 Å². The Morgan fingerprint density at radius 3 is 2.67 bits per heavy atom. The van der Waals surface area contributed by atoms with E-state index in [-0.39, 0.29) is 30.3 Å². The molecule has 4 heterocycles. The van der Waals surface area contributed by atoms with Crippen LogP contribution in [0.1, 0.15) is 43.9 Å². The van der Waals surface area contributed by atoms with Crippen molar-refractivity contribution in [2.45, 2.75) is 32.7 Å². The lowest BCUT2D eigenvalue weighted by atomic mass is 9.83. The van der Waals surface area contributed by atoms with Gasteiger partial charge in [0.2, 0.25) is 5.91 Å². The second-order valence-electron chi connectivity index (χ2n) is 9.07. The number of carbonyl (C=O) groups is 2. The maximum absolute atomic E-state index is 13.6. The summed E-state index contributed by atoms with van der Waals surface area (Å²) < 4.78 is 2.26. The van der Waals surface area contributed by atoms with Crippen LogP contribution in [0.15, 0.2) is 72.2 Å². The third kappa shape index (κ3) is 2.76. The molecule has 2 aromatic heterocycles. The Balaban J connectivity index is 1.72. The van der Waals surface area contributed by atoms with E-state index >= 15 is 0 Å². The predicted molar refractivity (Wildman–Crippen MR) is 129 cm³/mol. The maximum Gasteiger partial charge on any atom is 0.259 e. The second kappa shape index (κ2) is 7.04. The van der Waals surface area contributed by atoms with E-state index in [1.807, 2.05) is 36.4 Å². The molecule has 0 spiro atoms. The lowest BCUT2D eigenvalue weighted by molar-refractivity contribution is -0.139. The number of hydrogen-bond donors (Lipinski definition) is 1. The quantitative estimate of drug-likeness (QED) is 0.482. The molecule has 164 valence electrons. The van der Waals surface area contributed by atoms with Crippen LogP contribution in [0.5, 0.6) is 0 Å². The minimum Gasteiger partial charge on any atom is -0.356 e. The minimum absolute atomic E-state index is 0.235. The normalized spacial score (nSPS) is 17.6. The summed E-state index contributed by atoms with van der Waals surface area (Å²) in [4.78, 5) is 32.0. The number of rotatable bonds is 2. The monoisotopic (exact) mass is 436 g/mol. The zero-order chi connectivity index (χ0) is 22.9. The second-order valence-corrected chi connectivity index (χ2v) is 9.07.